The number of aliphatic hydroxyl groups is 1. The molecule has 2 heterocycles. The second kappa shape index (κ2) is 4.04. The van der Waals surface area contributed by atoms with Crippen LogP contribution >= 0.6 is 11.6 Å². The highest BCUT2D eigenvalue weighted by molar-refractivity contribution is 6.28. The maximum atomic E-state index is 9.77. The van der Waals surface area contributed by atoms with E-state index in [0.717, 1.165) is 0 Å². The third kappa shape index (κ3) is 2.37. The van der Waals surface area contributed by atoms with Crippen molar-refractivity contribution in [2.45, 2.75) is 12.5 Å². The van der Waals surface area contributed by atoms with Crippen molar-refractivity contribution in [1.82, 2.24) is 15.0 Å². The van der Waals surface area contributed by atoms with Crippen LogP contribution < -0.4 is 0 Å². The van der Waals surface area contributed by atoms with Gasteiger partial charge < -0.3 is 9.52 Å². The first-order chi connectivity index (χ1) is 7.15. The molecule has 0 aromatic carbocycles. The van der Waals surface area contributed by atoms with Gasteiger partial charge in [-0.25, -0.2) is 0 Å². The summed E-state index contributed by atoms with van der Waals surface area (Å²) in [6, 6.07) is 3.24. The third-order valence-electron chi connectivity index (χ3n) is 1.98. The maximum absolute atomic E-state index is 9.77. The van der Waals surface area contributed by atoms with E-state index in [1.165, 1.54) is 0 Å². The van der Waals surface area contributed by atoms with Crippen LogP contribution in [0.5, 0.6) is 0 Å². The molecular weight excluding hydrogens is 218 g/mol. The molecule has 6 heteroatoms. The van der Waals surface area contributed by atoms with Crippen molar-refractivity contribution in [2.75, 3.05) is 0 Å². The molecule has 0 aliphatic heterocycles. The molecule has 0 spiro atoms. The Morgan fingerprint density at radius 2 is 2.40 bits per heavy atom. The zero-order valence-electron chi connectivity index (χ0n) is 8.09. The summed E-state index contributed by atoms with van der Waals surface area (Å²) in [6.45, 7) is 0. The summed E-state index contributed by atoms with van der Waals surface area (Å²) in [4.78, 5) is 0. The molecule has 2 aromatic rings. The van der Waals surface area contributed by atoms with Gasteiger partial charge in [0.15, 0.2) is 5.22 Å². The smallest absolute Gasteiger partial charge is 0.193 e. The summed E-state index contributed by atoms with van der Waals surface area (Å²) in [5.41, 5.74) is 0.706. The minimum atomic E-state index is -0.741. The Labute approximate surface area is 91.3 Å². The highest BCUT2D eigenvalue weighted by atomic mass is 35.5. The first kappa shape index (κ1) is 10.2. The predicted molar refractivity (Wildman–Crippen MR) is 53.4 cm³/mol. The number of rotatable bonds is 3. The molecule has 15 heavy (non-hydrogen) atoms. The van der Waals surface area contributed by atoms with Gasteiger partial charge in [0, 0.05) is 19.7 Å². The molecule has 0 bridgehead atoms. The number of hydrogen-bond donors (Lipinski definition) is 1. The van der Waals surface area contributed by atoms with Crippen LogP contribution in [-0.2, 0) is 13.5 Å². The van der Waals surface area contributed by atoms with E-state index in [2.05, 4.69) is 10.3 Å². The molecule has 0 amide bonds. The van der Waals surface area contributed by atoms with E-state index < -0.39 is 6.10 Å². The predicted octanol–water partition coefficient (Wildman–Crippen LogP) is 1.34. The highest BCUT2D eigenvalue weighted by Gasteiger charge is 2.14. The van der Waals surface area contributed by atoms with Crippen LogP contribution in [0.1, 0.15) is 17.6 Å². The molecule has 0 saturated heterocycles. The Hall–Kier alpha value is -1.33. The van der Waals surface area contributed by atoms with Gasteiger partial charge in [-0.1, -0.05) is 5.21 Å². The van der Waals surface area contributed by atoms with E-state index in [9.17, 15) is 5.11 Å². The van der Waals surface area contributed by atoms with E-state index >= 15 is 0 Å². The lowest BCUT2D eigenvalue weighted by Gasteiger charge is -2.03. The molecule has 5 nitrogen and oxygen atoms in total. The fourth-order valence-electron chi connectivity index (χ4n) is 1.29. The number of aryl methyl sites for hydroxylation is 1. The Morgan fingerprint density at radius 3 is 2.93 bits per heavy atom. The van der Waals surface area contributed by atoms with Crippen molar-refractivity contribution in [3.8, 4) is 0 Å². The Balaban J connectivity index is 2.06. The summed E-state index contributed by atoms with van der Waals surface area (Å²) in [5.74, 6) is 0.436. The zero-order valence-corrected chi connectivity index (χ0v) is 8.85. The summed E-state index contributed by atoms with van der Waals surface area (Å²) in [5, 5.41) is 17.7. The Bertz CT molecular complexity index is 452. The molecule has 1 N–H and O–H groups in total. The van der Waals surface area contributed by atoms with Crippen LogP contribution in [0.3, 0.4) is 0 Å². The number of nitrogens with zero attached hydrogens (tertiary/aromatic N) is 3. The van der Waals surface area contributed by atoms with Crippen LogP contribution in [0.4, 0.5) is 0 Å². The number of aromatic nitrogens is 3. The Morgan fingerprint density at radius 1 is 1.60 bits per heavy atom. The van der Waals surface area contributed by atoms with Gasteiger partial charge in [0.05, 0.1) is 5.69 Å². The van der Waals surface area contributed by atoms with Crippen molar-refractivity contribution >= 4 is 11.6 Å². The molecule has 0 aliphatic carbocycles. The topological polar surface area (TPSA) is 64.1 Å². The second-order valence-corrected chi connectivity index (χ2v) is 3.62. The lowest BCUT2D eigenvalue weighted by molar-refractivity contribution is 0.149. The molecule has 0 radical (unpaired) electrons. The van der Waals surface area contributed by atoms with Crippen LogP contribution in [0.2, 0.25) is 5.22 Å². The molecule has 0 fully saturated rings. The zero-order chi connectivity index (χ0) is 10.8. The van der Waals surface area contributed by atoms with E-state index in [1.807, 2.05) is 0 Å². The minimum absolute atomic E-state index is 0.267. The summed E-state index contributed by atoms with van der Waals surface area (Å²) in [7, 11) is 1.77. The minimum Gasteiger partial charge on any atom is -0.447 e. The van der Waals surface area contributed by atoms with E-state index in [0.29, 0.717) is 17.9 Å². The summed E-state index contributed by atoms with van der Waals surface area (Å²) in [6.07, 6.45) is 1.36. The van der Waals surface area contributed by atoms with Gasteiger partial charge in [-0.2, -0.15) is 0 Å². The fourth-order valence-corrected chi connectivity index (χ4v) is 1.45. The van der Waals surface area contributed by atoms with Crippen molar-refractivity contribution < 1.29 is 9.52 Å². The fraction of sp³-hybridized carbons (Fsp3) is 0.333. The van der Waals surface area contributed by atoms with Gasteiger partial charge >= 0.3 is 0 Å². The number of halogens is 1. The number of hydrogen-bond acceptors (Lipinski definition) is 4. The van der Waals surface area contributed by atoms with Crippen LogP contribution in [0, 0.1) is 0 Å². The number of furan rings is 1. The third-order valence-corrected chi connectivity index (χ3v) is 2.18. The molecule has 1 unspecified atom stereocenters. The van der Waals surface area contributed by atoms with E-state index in [1.54, 1.807) is 30.1 Å². The molecule has 2 aromatic heterocycles. The van der Waals surface area contributed by atoms with Crippen molar-refractivity contribution in [1.29, 1.82) is 0 Å². The van der Waals surface area contributed by atoms with Gasteiger partial charge in [-0.05, 0) is 23.7 Å². The average molecular weight is 228 g/mol. The van der Waals surface area contributed by atoms with Gasteiger partial charge in [0.2, 0.25) is 0 Å². The van der Waals surface area contributed by atoms with Crippen molar-refractivity contribution in [3.05, 3.63) is 35.0 Å². The maximum Gasteiger partial charge on any atom is 0.193 e. The molecule has 80 valence electrons. The largest absolute Gasteiger partial charge is 0.447 e. The molecule has 1 atom stereocenters. The highest BCUT2D eigenvalue weighted by Crippen LogP contribution is 2.22. The van der Waals surface area contributed by atoms with Gasteiger partial charge in [0.1, 0.15) is 11.9 Å². The van der Waals surface area contributed by atoms with Crippen LogP contribution in [0.25, 0.3) is 0 Å². The first-order valence-electron chi connectivity index (χ1n) is 4.43. The number of aliphatic hydroxyl groups excluding tert-OH is 1. The lowest BCUT2D eigenvalue weighted by atomic mass is 10.1. The quantitative estimate of drug-likeness (QED) is 0.860. The summed E-state index contributed by atoms with van der Waals surface area (Å²) < 4.78 is 6.67. The van der Waals surface area contributed by atoms with Gasteiger partial charge in [-0.3, -0.25) is 4.68 Å². The van der Waals surface area contributed by atoms with Crippen molar-refractivity contribution in [3.63, 3.8) is 0 Å². The summed E-state index contributed by atoms with van der Waals surface area (Å²) >= 11 is 5.60. The SMILES string of the molecule is Cn1cc(CC(O)c2ccc(Cl)o2)nn1. The molecule has 2 rings (SSSR count). The second-order valence-electron chi connectivity index (χ2n) is 3.25. The molecule has 0 saturated carbocycles. The van der Waals surface area contributed by atoms with Gasteiger partial charge in [0.25, 0.3) is 0 Å². The van der Waals surface area contributed by atoms with Gasteiger partial charge in [-0.15, -0.1) is 5.10 Å². The monoisotopic (exact) mass is 227 g/mol. The Kier molecular flexibility index (Phi) is 2.75. The molecular formula is C9H10ClN3O2. The average Bonchev–Trinajstić information content (AvgIpc) is 2.75. The molecule has 0 aliphatic rings. The van der Waals surface area contributed by atoms with Crippen LogP contribution in [-0.4, -0.2) is 20.1 Å². The normalized spacial score (nSPS) is 13.0. The first-order valence-corrected chi connectivity index (χ1v) is 4.81. The standard InChI is InChI=1S/C9H10ClN3O2/c1-13-5-6(11-12-13)4-7(14)8-2-3-9(10)15-8/h2-3,5,7,14H,4H2,1H3. The van der Waals surface area contributed by atoms with E-state index in [4.69, 9.17) is 16.0 Å². The van der Waals surface area contributed by atoms with Crippen LogP contribution in [0.15, 0.2) is 22.7 Å². The van der Waals surface area contributed by atoms with E-state index in [-0.39, 0.29) is 5.22 Å². The lowest BCUT2D eigenvalue weighted by Crippen LogP contribution is -2.00. The van der Waals surface area contributed by atoms with Crippen molar-refractivity contribution in [2.24, 2.45) is 7.05 Å².